The highest BCUT2D eigenvalue weighted by atomic mass is 79.9. The highest BCUT2D eigenvalue weighted by Crippen LogP contribution is 2.24. The van der Waals surface area contributed by atoms with E-state index in [-0.39, 0.29) is 5.97 Å². The molecule has 0 N–H and O–H groups in total. The Bertz CT molecular complexity index is 603. The molecule has 0 saturated carbocycles. The minimum Gasteiger partial charge on any atom is -0.456 e. The van der Waals surface area contributed by atoms with Gasteiger partial charge in [0, 0.05) is 16.1 Å². The van der Waals surface area contributed by atoms with Crippen LogP contribution in [-0.4, -0.2) is 16.6 Å². The maximum atomic E-state index is 12.0. The fourth-order valence-electron chi connectivity index (χ4n) is 1.58. The highest BCUT2D eigenvalue weighted by molar-refractivity contribution is 9.10. The summed E-state index contributed by atoms with van der Waals surface area (Å²) in [6, 6.07) is 7.19. The van der Waals surface area contributed by atoms with Crippen molar-refractivity contribution < 1.29 is 9.53 Å². The van der Waals surface area contributed by atoms with Crippen molar-refractivity contribution in [3.05, 3.63) is 40.5 Å². The zero-order chi connectivity index (χ0) is 15.3. The van der Waals surface area contributed by atoms with E-state index < -0.39 is 5.60 Å². The number of esters is 1. The molecule has 1 heterocycles. The van der Waals surface area contributed by atoms with Gasteiger partial charge in [0.15, 0.2) is 0 Å². The summed E-state index contributed by atoms with van der Waals surface area (Å²) in [5.41, 5.74) is 0.890. The fraction of sp³-hybridized carbons (Fsp3) is 0.375. The summed E-state index contributed by atoms with van der Waals surface area (Å²) in [4.78, 5) is 16.2. The Morgan fingerprint density at radius 1 is 1.20 bits per heavy atom. The van der Waals surface area contributed by atoms with Crippen LogP contribution in [0.25, 0.3) is 10.9 Å². The molecule has 0 aliphatic heterocycles. The first-order chi connectivity index (χ1) is 9.37. The summed E-state index contributed by atoms with van der Waals surface area (Å²) in [5.74, 6) is -0.319. The second-order valence-electron chi connectivity index (χ2n) is 5.03. The largest absolute Gasteiger partial charge is 0.456 e. The van der Waals surface area contributed by atoms with Gasteiger partial charge in [-0.05, 0) is 45.0 Å². The molecule has 2 aromatic rings. The second kappa shape index (κ2) is 6.84. The van der Waals surface area contributed by atoms with Crippen molar-refractivity contribution >= 4 is 32.8 Å². The molecule has 0 radical (unpaired) electrons. The van der Waals surface area contributed by atoms with Gasteiger partial charge in [-0.25, -0.2) is 4.79 Å². The van der Waals surface area contributed by atoms with Gasteiger partial charge in [0.05, 0.1) is 11.1 Å². The number of aromatic nitrogens is 1. The van der Waals surface area contributed by atoms with Crippen molar-refractivity contribution in [2.75, 3.05) is 0 Å². The molecule has 3 nitrogen and oxygen atoms in total. The van der Waals surface area contributed by atoms with E-state index in [9.17, 15) is 4.79 Å². The van der Waals surface area contributed by atoms with Gasteiger partial charge in [0.2, 0.25) is 0 Å². The number of hydrogen-bond acceptors (Lipinski definition) is 3. The van der Waals surface area contributed by atoms with Crippen LogP contribution in [0, 0.1) is 0 Å². The van der Waals surface area contributed by atoms with E-state index >= 15 is 0 Å². The third-order valence-corrected chi connectivity index (χ3v) is 3.01. The van der Waals surface area contributed by atoms with Crippen molar-refractivity contribution in [2.45, 2.75) is 40.2 Å². The number of nitrogens with zero attached hydrogens (tertiary/aromatic N) is 1. The third kappa shape index (κ3) is 4.30. The number of halogens is 1. The second-order valence-corrected chi connectivity index (χ2v) is 5.88. The quantitative estimate of drug-likeness (QED) is 0.689. The Balaban J connectivity index is 0.000000956. The highest BCUT2D eigenvalue weighted by Gasteiger charge is 2.18. The number of benzene rings is 1. The SMILES string of the molecule is CC.CC(C)(C)OC(=O)c1ccc2nccc(Br)c2c1. The number of hydrogen-bond donors (Lipinski definition) is 0. The molecular formula is C16H20BrNO2. The van der Waals surface area contributed by atoms with Gasteiger partial charge in [-0.3, -0.25) is 4.98 Å². The van der Waals surface area contributed by atoms with Crippen molar-refractivity contribution in [1.82, 2.24) is 4.98 Å². The summed E-state index contributed by atoms with van der Waals surface area (Å²) in [5, 5.41) is 0.904. The third-order valence-electron chi connectivity index (χ3n) is 2.32. The van der Waals surface area contributed by atoms with Gasteiger partial charge in [0.25, 0.3) is 0 Å². The summed E-state index contributed by atoms with van der Waals surface area (Å²) in [6.07, 6.45) is 1.72. The Morgan fingerprint density at radius 3 is 2.45 bits per heavy atom. The Kier molecular flexibility index (Phi) is 5.69. The summed E-state index contributed by atoms with van der Waals surface area (Å²) in [7, 11) is 0. The van der Waals surface area contributed by atoms with Crippen LogP contribution < -0.4 is 0 Å². The normalized spacial score (nSPS) is 10.7. The number of pyridine rings is 1. The molecule has 108 valence electrons. The molecule has 0 bridgehead atoms. The predicted molar refractivity (Wildman–Crippen MR) is 86.0 cm³/mol. The average molecular weight is 338 g/mol. The van der Waals surface area contributed by atoms with E-state index in [0.29, 0.717) is 5.56 Å². The molecule has 0 saturated heterocycles. The number of carbonyl (C=O) groups is 1. The smallest absolute Gasteiger partial charge is 0.338 e. The van der Waals surface area contributed by atoms with Crippen LogP contribution in [-0.2, 0) is 4.74 Å². The number of carbonyl (C=O) groups excluding carboxylic acids is 1. The van der Waals surface area contributed by atoms with Crippen molar-refractivity contribution in [3.63, 3.8) is 0 Å². The van der Waals surface area contributed by atoms with Crippen molar-refractivity contribution in [1.29, 1.82) is 0 Å². The first-order valence-electron chi connectivity index (χ1n) is 6.64. The summed E-state index contributed by atoms with van der Waals surface area (Å²) in [6.45, 7) is 9.55. The van der Waals surface area contributed by atoms with Gasteiger partial charge < -0.3 is 4.74 Å². The molecule has 1 aromatic carbocycles. The zero-order valence-corrected chi connectivity index (χ0v) is 14.1. The maximum Gasteiger partial charge on any atom is 0.338 e. The van der Waals surface area contributed by atoms with Crippen molar-refractivity contribution in [2.24, 2.45) is 0 Å². The minimum absolute atomic E-state index is 0.319. The molecule has 4 heteroatoms. The number of fused-ring (bicyclic) bond motifs is 1. The standard InChI is InChI=1S/C14H14BrNO2.C2H6/c1-14(2,3)18-13(17)9-4-5-12-10(8-9)11(15)6-7-16-12;1-2/h4-8H,1-3H3;1-2H3. The van der Waals surface area contributed by atoms with E-state index in [1.54, 1.807) is 18.3 Å². The van der Waals surface area contributed by atoms with E-state index in [1.807, 2.05) is 46.8 Å². The molecule has 0 atom stereocenters. The van der Waals surface area contributed by atoms with E-state index in [2.05, 4.69) is 20.9 Å². The Morgan fingerprint density at radius 2 is 1.85 bits per heavy atom. The fourth-order valence-corrected chi connectivity index (χ4v) is 2.01. The van der Waals surface area contributed by atoms with Crippen LogP contribution in [0.2, 0.25) is 0 Å². The van der Waals surface area contributed by atoms with Crippen LogP contribution in [0.5, 0.6) is 0 Å². The van der Waals surface area contributed by atoms with Crippen molar-refractivity contribution in [3.8, 4) is 0 Å². The lowest BCUT2D eigenvalue weighted by atomic mass is 10.1. The topological polar surface area (TPSA) is 39.2 Å². The van der Waals surface area contributed by atoms with Gasteiger partial charge in [-0.15, -0.1) is 0 Å². The molecule has 0 spiro atoms. The lowest BCUT2D eigenvalue weighted by Crippen LogP contribution is -2.23. The van der Waals surface area contributed by atoms with Gasteiger partial charge in [-0.1, -0.05) is 29.8 Å². The van der Waals surface area contributed by atoms with Crippen LogP contribution in [0.3, 0.4) is 0 Å². The molecule has 0 aliphatic carbocycles. The molecule has 0 fully saturated rings. The van der Waals surface area contributed by atoms with Gasteiger partial charge in [0.1, 0.15) is 5.60 Å². The van der Waals surface area contributed by atoms with Crippen LogP contribution in [0.4, 0.5) is 0 Å². The number of rotatable bonds is 1. The first-order valence-corrected chi connectivity index (χ1v) is 7.44. The van der Waals surface area contributed by atoms with E-state index in [0.717, 1.165) is 15.4 Å². The molecule has 0 unspecified atom stereocenters. The number of ether oxygens (including phenoxy) is 1. The van der Waals surface area contributed by atoms with E-state index in [4.69, 9.17) is 4.74 Å². The first kappa shape index (κ1) is 16.6. The van der Waals surface area contributed by atoms with Crippen LogP contribution in [0.1, 0.15) is 45.0 Å². The molecule has 1 aromatic heterocycles. The van der Waals surface area contributed by atoms with Crippen LogP contribution in [0.15, 0.2) is 34.9 Å². The van der Waals surface area contributed by atoms with E-state index in [1.165, 1.54) is 0 Å². The van der Waals surface area contributed by atoms with Gasteiger partial charge >= 0.3 is 5.97 Å². The lowest BCUT2D eigenvalue weighted by molar-refractivity contribution is 0.00697. The average Bonchev–Trinajstić information content (AvgIpc) is 2.39. The molecule has 0 amide bonds. The zero-order valence-electron chi connectivity index (χ0n) is 12.5. The molecule has 2 rings (SSSR count). The van der Waals surface area contributed by atoms with Crippen LogP contribution >= 0.6 is 15.9 Å². The summed E-state index contributed by atoms with van der Waals surface area (Å²) < 4.78 is 6.25. The minimum atomic E-state index is -0.488. The predicted octanol–water partition coefficient (Wildman–Crippen LogP) is 4.98. The molecule has 0 aliphatic rings. The Hall–Kier alpha value is -1.42. The maximum absolute atomic E-state index is 12.0. The molecule has 20 heavy (non-hydrogen) atoms. The lowest BCUT2D eigenvalue weighted by Gasteiger charge is -2.19. The molecular weight excluding hydrogens is 318 g/mol. The van der Waals surface area contributed by atoms with Gasteiger partial charge in [-0.2, -0.15) is 0 Å². The Labute approximate surface area is 128 Å². The monoisotopic (exact) mass is 337 g/mol. The summed E-state index contributed by atoms with van der Waals surface area (Å²) >= 11 is 3.45.